The molecule has 20 heavy (non-hydrogen) atoms. The zero-order valence-electron chi connectivity index (χ0n) is 12.4. The van der Waals surface area contributed by atoms with Gasteiger partial charge < -0.3 is 15.0 Å². The molecule has 0 aliphatic heterocycles. The molecule has 5 heteroatoms. The van der Waals surface area contributed by atoms with Crippen LogP contribution in [0.4, 0.5) is 10.1 Å². The Balaban J connectivity index is 2.69. The van der Waals surface area contributed by atoms with Gasteiger partial charge in [0.25, 0.3) is 0 Å². The lowest BCUT2D eigenvalue weighted by Gasteiger charge is -2.25. The van der Waals surface area contributed by atoms with Gasteiger partial charge in [0.1, 0.15) is 11.9 Å². The fraction of sp³-hybridized carbons (Fsp3) is 0.533. The molecule has 4 nitrogen and oxygen atoms in total. The van der Waals surface area contributed by atoms with Crippen molar-refractivity contribution in [2.24, 2.45) is 0 Å². The number of nitrogens with zero attached hydrogens (tertiary/aromatic N) is 1. The Hall–Kier alpha value is -1.62. The average molecular weight is 282 g/mol. The Morgan fingerprint density at radius 3 is 2.65 bits per heavy atom. The molecule has 0 spiro atoms. The van der Waals surface area contributed by atoms with Crippen LogP contribution in [0.1, 0.15) is 20.3 Å². The van der Waals surface area contributed by atoms with Crippen LogP contribution in [0.5, 0.6) is 0 Å². The first-order chi connectivity index (χ1) is 9.63. The van der Waals surface area contributed by atoms with Gasteiger partial charge in [0, 0.05) is 13.1 Å². The highest BCUT2D eigenvalue weighted by molar-refractivity contribution is 5.75. The van der Waals surface area contributed by atoms with Crippen molar-refractivity contribution in [2.45, 2.75) is 26.3 Å². The Bertz CT molecular complexity index is 426. The number of ether oxygens (including phenoxy) is 1. The van der Waals surface area contributed by atoms with Gasteiger partial charge in [-0.3, -0.25) is 4.79 Å². The summed E-state index contributed by atoms with van der Waals surface area (Å²) in [6, 6.07) is 6.32. The van der Waals surface area contributed by atoms with E-state index in [1.807, 2.05) is 24.8 Å². The Morgan fingerprint density at radius 2 is 2.10 bits per heavy atom. The summed E-state index contributed by atoms with van der Waals surface area (Å²) in [7, 11) is 1.38. The summed E-state index contributed by atoms with van der Waals surface area (Å²) >= 11 is 0. The lowest BCUT2D eigenvalue weighted by molar-refractivity contribution is -0.143. The zero-order chi connectivity index (χ0) is 15.0. The number of hydrogen-bond donors (Lipinski definition) is 1. The monoisotopic (exact) mass is 282 g/mol. The number of anilines is 1. The van der Waals surface area contributed by atoms with Crippen molar-refractivity contribution >= 4 is 11.7 Å². The highest BCUT2D eigenvalue weighted by Gasteiger charge is 2.19. The second-order valence-electron chi connectivity index (χ2n) is 4.45. The van der Waals surface area contributed by atoms with Crippen molar-refractivity contribution in [1.29, 1.82) is 0 Å². The highest BCUT2D eigenvalue weighted by atomic mass is 19.1. The number of benzene rings is 1. The number of halogens is 1. The van der Waals surface area contributed by atoms with Crippen LogP contribution in [-0.4, -0.2) is 38.8 Å². The van der Waals surface area contributed by atoms with Crippen LogP contribution >= 0.6 is 0 Å². The van der Waals surface area contributed by atoms with E-state index in [9.17, 15) is 9.18 Å². The molecule has 0 heterocycles. The van der Waals surface area contributed by atoms with Crippen LogP contribution in [-0.2, 0) is 9.53 Å². The number of hydrogen-bond acceptors (Lipinski definition) is 4. The Kier molecular flexibility index (Phi) is 7.01. The topological polar surface area (TPSA) is 41.6 Å². The maximum atomic E-state index is 13.8. The van der Waals surface area contributed by atoms with E-state index < -0.39 is 0 Å². The molecule has 0 radical (unpaired) electrons. The first kappa shape index (κ1) is 16.4. The molecule has 0 saturated carbocycles. The number of carbonyl (C=O) groups is 1. The van der Waals surface area contributed by atoms with Gasteiger partial charge in [0.15, 0.2) is 0 Å². The first-order valence-corrected chi connectivity index (χ1v) is 6.94. The maximum Gasteiger partial charge on any atom is 0.322 e. The molecule has 0 bridgehead atoms. The van der Waals surface area contributed by atoms with Crippen LogP contribution in [0.25, 0.3) is 0 Å². The van der Waals surface area contributed by atoms with E-state index in [1.165, 1.54) is 13.2 Å². The second kappa shape index (κ2) is 8.53. The number of rotatable bonds is 8. The van der Waals surface area contributed by atoms with E-state index >= 15 is 0 Å². The fourth-order valence-electron chi connectivity index (χ4n) is 2.13. The highest BCUT2D eigenvalue weighted by Crippen LogP contribution is 2.18. The van der Waals surface area contributed by atoms with Crippen LogP contribution < -0.4 is 10.2 Å². The van der Waals surface area contributed by atoms with Crippen molar-refractivity contribution in [3.8, 4) is 0 Å². The lowest BCUT2D eigenvalue weighted by atomic mass is 10.1. The summed E-state index contributed by atoms with van der Waals surface area (Å²) in [5, 5.41) is 3.08. The summed E-state index contributed by atoms with van der Waals surface area (Å²) in [5.74, 6) is -0.524. The van der Waals surface area contributed by atoms with Gasteiger partial charge in [-0.25, -0.2) is 4.39 Å². The van der Waals surface area contributed by atoms with E-state index in [0.717, 1.165) is 0 Å². The standard InChI is InChI=1S/C15H23FN2O2/c1-4-17-13(15(19)20-3)10-11-18(5-2)14-9-7-6-8-12(14)16/h6-9,13,17H,4-5,10-11H2,1-3H3. The predicted octanol–water partition coefficient (Wildman–Crippen LogP) is 2.19. The molecule has 0 aliphatic rings. The molecule has 0 aliphatic carbocycles. The second-order valence-corrected chi connectivity index (χ2v) is 4.45. The summed E-state index contributed by atoms with van der Waals surface area (Å²) in [6.45, 7) is 5.86. The van der Waals surface area contributed by atoms with E-state index in [1.54, 1.807) is 12.1 Å². The average Bonchev–Trinajstić information content (AvgIpc) is 2.47. The Labute approximate surface area is 119 Å². The van der Waals surface area contributed by atoms with Gasteiger partial charge in [-0.1, -0.05) is 19.1 Å². The van der Waals surface area contributed by atoms with Gasteiger partial charge in [0.05, 0.1) is 12.8 Å². The largest absolute Gasteiger partial charge is 0.468 e. The molecule has 112 valence electrons. The fourth-order valence-corrected chi connectivity index (χ4v) is 2.13. The molecular weight excluding hydrogens is 259 g/mol. The first-order valence-electron chi connectivity index (χ1n) is 6.94. The minimum atomic E-state index is -0.356. The summed E-state index contributed by atoms with van der Waals surface area (Å²) in [5.41, 5.74) is 0.565. The third-order valence-corrected chi connectivity index (χ3v) is 3.20. The molecule has 1 atom stereocenters. The summed E-state index contributed by atoms with van der Waals surface area (Å²) in [6.07, 6.45) is 0.572. The molecule has 0 saturated heterocycles. The third-order valence-electron chi connectivity index (χ3n) is 3.20. The maximum absolute atomic E-state index is 13.8. The molecule has 1 aromatic rings. The molecular formula is C15H23FN2O2. The Morgan fingerprint density at radius 1 is 1.40 bits per heavy atom. The minimum Gasteiger partial charge on any atom is -0.468 e. The normalized spacial score (nSPS) is 12.0. The van der Waals surface area contributed by atoms with Crippen LogP contribution in [0.2, 0.25) is 0 Å². The van der Waals surface area contributed by atoms with Crippen molar-refractivity contribution in [2.75, 3.05) is 31.6 Å². The number of esters is 1. The van der Waals surface area contributed by atoms with Crippen LogP contribution in [0.15, 0.2) is 24.3 Å². The smallest absolute Gasteiger partial charge is 0.322 e. The number of methoxy groups -OCH3 is 1. The quantitative estimate of drug-likeness (QED) is 0.742. The molecule has 0 fully saturated rings. The third kappa shape index (κ3) is 4.49. The molecule has 1 N–H and O–H groups in total. The molecule has 0 amide bonds. The van der Waals surface area contributed by atoms with E-state index in [0.29, 0.717) is 31.7 Å². The van der Waals surface area contributed by atoms with Crippen molar-refractivity contribution in [1.82, 2.24) is 5.32 Å². The molecule has 0 aromatic heterocycles. The number of likely N-dealkylation sites (N-methyl/N-ethyl adjacent to an activating group) is 1. The number of nitrogens with one attached hydrogen (secondary N) is 1. The van der Waals surface area contributed by atoms with Crippen LogP contribution in [0, 0.1) is 5.82 Å². The molecule has 1 aromatic carbocycles. The van der Waals surface area contributed by atoms with Gasteiger partial charge in [-0.15, -0.1) is 0 Å². The SMILES string of the molecule is CCNC(CCN(CC)c1ccccc1F)C(=O)OC. The van der Waals surface area contributed by atoms with Crippen molar-refractivity contribution < 1.29 is 13.9 Å². The van der Waals surface area contributed by atoms with E-state index in [2.05, 4.69) is 5.32 Å². The molecule has 1 rings (SSSR count). The van der Waals surface area contributed by atoms with E-state index in [4.69, 9.17) is 4.74 Å². The number of carbonyl (C=O) groups excluding carboxylic acids is 1. The van der Waals surface area contributed by atoms with Gasteiger partial charge in [0.2, 0.25) is 0 Å². The van der Waals surface area contributed by atoms with Gasteiger partial charge in [-0.2, -0.15) is 0 Å². The zero-order valence-corrected chi connectivity index (χ0v) is 12.4. The summed E-state index contributed by atoms with van der Waals surface area (Å²) in [4.78, 5) is 13.5. The predicted molar refractivity (Wildman–Crippen MR) is 78.4 cm³/mol. The van der Waals surface area contributed by atoms with Crippen LogP contribution in [0.3, 0.4) is 0 Å². The van der Waals surface area contributed by atoms with Crippen molar-refractivity contribution in [3.63, 3.8) is 0 Å². The van der Waals surface area contributed by atoms with Gasteiger partial charge in [-0.05, 0) is 32.0 Å². The molecule has 1 unspecified atom stereocenters. The van der Waals surface area contributed by atoms with E-state index in [-0.39, 0.29) is 17.8 Å². The van der Waals surface area contributed by atoms with Crippen molar-refractivity contribution in [3.05, 3.63) is 30.1 Å². The minimum absolute atomic E-state index is 0.243. The number of para-hydroxylation sites is 1. The lowest BCUT2D eigenvalue weighted by Crippen LogP contribution is -2.40. The van der Waals surface area contributed by atoms with Gasteiger partial charge >= 0.3 is 5.97 Å². The summed E-state index contributed by atoms with van der Waals surface area (Å²) < 4.78 is 18.5.